The lowest BCUT2D eigenvalue weighted by molar-refractivity contribution is -0.274. The van der Waals surface area contributed by atoms with Gasteiger partial charge in [-0.2, -0.15) is 0 Å². The molecular formula is C20H15ClF5NO3. The zero-order valence-corrected chi connectivity index (χ0v) is 16.0. The van der Waals surface area contributed by atoms with E-state index in [1.165, 1.54) is 11.0 Å². The van der Waals surface area contributed by atoms with Gasteiger partial charge in [0, 0.05) is 31.1 Å². The molecule has 2 aromatic rings. The first kappa shape index (κ1) is 20.7. The van der Waals surface area contributed by atoms with E-state index in [0.717, 1.165) is 12.1 Å². The van der Waals surface area contributed by atoms with Crippen LogP contribution in [0.25, 0.3) is 0 Å². The second kappa shape index (κ2) is 7.30. The summed E-state index contributed by atoms with van der Waals surface area (Å²) < 4.78 is 70.9. The highest BCUT2D eigenvalue weighted by Crippen LogP contribution is 2.49. The summed E-state index contributed by atoms with van der Waals surface area (Å²) >= 11 is 5.74. The molecule has 2 atom stereocenters. The van der Waals surface area contributed by atoms with Gasteiger partial charge in [0.25, 0.3) is 0 Å². The SMILES string of the molecule is O=C(O)[C@H]1C[C@@H]1c1ccc2c(c1F)CCN(c1cc(OC(F)(F)F)cc(Cl)c1F)C2. The van der Waals surface area contributed by atoms with Crippen molar-refractivity contribution < 1.29 is 36.6 Å². The van der Waals surface area contributed by atoms with Crippen LogP contribution in [0.3, 0.4) is 0 Å². The molecule has 4 rings (SSSR count). The molecule has 0 saturated heterocycles. The number of alkyl halides is 3. The van der Waals surface area contributed by atoms with Crippen molar-refractivity contribution in [2.45, 2.75) is 31.7 Å². The zero-order chi connectivity index (χ0) is 21.8. The summed E-state index contributed by atoms with van der Waals surface area (Å²) in [5.41, 5.74) is 1.14. The fourth-order valence-corrected chi connectivity index (χ4v) is 4.11. The van der Waals surface area contributed by atoms with E-state index in [4.69, 9.17) is 16.7 Å². The van der Waals surface area contributed by atoms with Crippen LogP contribution in [0.4, 0.5) is 27.6 Å². The smallest absolute Gasteiger partial charge is 0.481 e. The van der Waals surface area contributed by atoms with Gasteiger partial charge in [-0.15, -0.1) is 13.2 Å². The molecule has 2 aliphatic rings. The van der Waals surface area contributed by atoms with E-state index in [2.05, 4.69) is 4.74 Å². The molecule has 1 heterocycles. The number of nitrogens with zero attached hydrogens (tertiary/aromatic N) is 1. The average Bonchev–Trinajstić information content (AvgIpc) is 3.44. The van der Waals surface area contributed by atoms with Crippen LogP contribution in [-0.2, 0) is 17.8 Å². The van der Waals surface area contributed by atoms with Gasteiger partial charge in [-0.25, -0.2) is 8.78 Å². The Balaban J connectivity index is 1.61. The summed E-state index contributed by atoms with van der Waals surface area (Å²) in [5.74, 6) is -3.92. The van der Waals surface area contributed by atoms with Gasteiger partial charge in [0.15, 0.2) is 5.82 Å². The molecule has 0 bridgehead atoms. The first-order chi connectivity index (χ1) is 14.0. The molecule has 0 radical (unpaired) electrons. The zero-order valence-electron chi connectivity index (χ0n) is 15.3. The Labute approximate surface area is 172 Å². The van der Waals surface area contributed by atoms with Crippen LogP contribution < -0.4 is 9.64 Å². The fraction of sp³-hybridized carbons (Fsp3) is 0.350. The fourth-order valence-electron chi connectivity index (χ4n) is 3.91. The predicted octanol–water partition coefficient (Wildman–Crippen LogP) is 5.27. The van der Waals surface area contributed by atoms with Gasteiger partial charge in [0.05, 0.1) is 16.6 Å². The number of anilines is 1. The molecule has 1 aliphatic heterocycles. The molecule has 4 nitrogen and oxygen atoms in total. The minimum atomic E-state index is -4.96. The largest absolute Gasteiger partial charge is 0.573 e. The number of carboxylic acid groups (broad SMARTS) is 1. The lowest BCUT2D eigenvalue weighted by Gasteiger charge is -2.32. The summed E-state index contributed by atoms with van der Waals surface area (Å²) in [6.45, 7) is 0.200. The van der Waals surface area contributed by atoms with E-state index in [0.29, 0.717) is 23.1 Å². The number of fused-ring (bicyclic) bond motifs is 1. The minimum absolute atomic E-state index is 0.0578. The van der Waals surface area contributed by atoms with E-state index in [-0.39, 0.29) is 31.1 Å². The standard InChI is InChI=1S/C20H15ClF5NO3/c21-15-5-10(30-20(24,25)26)6-16(18(15)23)27-4-3-11-9(8-27)1-2-12(17(11)22)13-7-14(13)19(28)29/h1-2,5-6,13-14H,3-4,7-8H2,(H,28,29)/t13-,14+/m1/s1. The number of benzene rings is 2. The Morgan fingerprint density at radius 2 is 1.93 bits per heavy atom. The maximum Gasteiger partial charge on any atom is 0.573 e. The molecule has 10 heteroatoms. The van der Waals surface area contributed by atoms with Crippen molar-refractivity contribution in [3.8, 4) is 5.75 Å². The molecule has 1 aliphatic carbocycles. The summed E-state index contributed by atoms with van der Waals surface area (Å²) in [5, 5.41) is 8.54. The second-order valence-corrected chi connectivity index (χ2v) is 7.76. The molecule has 1 N–H and O–H groups in total. The Bertz CT molecular complexity index is 1030. The predicted molar refractivity (Wildman–Crippen MR) is 97.7 cm³/mol. The number of hydrogen-bond donors (Lipinski definition) is 1. The number of aliphatic carboxylic acids is 1. The maximum absolute atomic E-state index is 15.0. The average molecular weight is 448 g/mol. The van der Waals surface area contributed by atoms with Crippen LogP contribution in [0.2, 0.25) is 5.02 Å². The highest BCUT2D eigenvalue weighted by atomic mass is 35.5. The van der Waals surface area contributed by atoms with Gasteiger partial charge < -0.3 is 14.7 Å². The normalized spacial score (nSPS) is 20.7. The van der Waals surface area contributed by atoms with Crippen molar-refractivity contribution in [3.05, 3.63) is 57.6 Å². The van der Waals surface area contributed by atoms with Gasteiger partial charge in [0.1, 0.15) is 11.6 Å². The van der Waals surface area contributed by atoms with Crippen LogP contribution >= 0.6 is 11.6 Å². The first-order valence-corrected chi connectivity index (χ1v) is 9.45. The molecular weight excluding hydrogens is 433 g/mol. The van der Waals surface area contributed by atoms with Crippen LogP contribution in [0.5, 0.6) is 5.75 Å². The van der Waals surface area contributed by atoms with E-state index >= 15 is 0 Å². The lowest BCUT2D eigenvalue weighted by Crippen LogP contribution is -2.32. The number of ether oxygens (including phenoxy) is 1. The third kappa shape index (κ3) is 3.90. The van der Waals surface area contributed by atoms with Gasteiger partial charge >= 0.3 is 12.3 Å². The molecule has 1 fully saturated rings. The molecule has 1 saturated carbocycles. The Hall–Kier alpha value is -2.55. The Morgan fingerprint density at radius 3 is 2.57 bits per heavy atom. The van der Waals surface area contributed by atoms with Crippen LogP contribution in [0, 0.1) is 17.6 Å². The van der Waals surface area contributed by atoms with Gasteiger partial charge in [-0.3, -0.25) is 4.79 Å². The highest BCUT2D eigenvalue weighted by molar-refractivity contribution is 6.31. The second-order valence-electron chi connectivity index (χ2n) is 7.35. The van der Waals surface area contributed by atoms with Gasteiger partial charge in [-0.1, -0.05) is 23.7 Å². The topological polar surface area (TPSA) is 49.8 Å². The third-order valence-electron chi connectivity index (χ3n) is 5.43. The van der Waals surface area contributed by atoms with Crippen molar-refractivity contribution in [1.82, 2.24) is 0 Å². The van der Waals surface area contributed by atoms with Crippen molar-refractivity contribution >= 4 is 23.3 Å². The summed E-state index contributed by atoms with van der Waals surface area (Å²) in [6, 6.07) is 4.82. The molecule has 0 spiro atoms. The molecule has 160 valence electrons. The quantitative estimate of drug-likeness (QED) is 0.649. The van der Waals surface area contributed by atoms with E-state index in [9.17, 15) is 26.7 Å². The molecule has 30 heavy (non-hydrogen) atoms. The molecule has 0 amide bonds. The summed E-state index contributed by atoms with van der Waals surface area (Å²) in [7, 11) is 0. The van der Waals surface area contributed by atoms with E-state index in [1.54, 1.807) is 6.07 Å². The van der Waals surface area contributed by atoms with Gasteiger partial charge in [-0.05, 0) is 29.5 Å². The summed E-state index contributed by atoms with van der Waals surface area (Å²) in [4.78, 5) is 12.5. The number of halogens is 6. The van der Waals surface area contributed by atoms with Crippen molar-refractivity contribution in [2.75, 3.05) is 11.4 Å². The number of rotatable bonds is 4. The van der Waals surface area contributed by atoms with Crippen LogP contribution in [-0.4, -0.2) is 24.0 Å². The van der Waals surface area contributed by atoms with Gasteiger partial charge in [0.2, 0.25) is 0 Å². The molecule has 2 aromatic carbocycles. The Kier molecular flexibility index (Phi) is 5.04. The first-order valence-electron chi connectivity index (χ1n) is 9.08. The Morgan fingerprint density at radius 1 is 1.20 bits per heavy atom. The lowest BCUT2D eigenvalue weighted by atomic mass is 9.94. The number of hydrogen-bond acceptors (Lipinski definition) is 3. The number of carboxylic acids is 1. The minimum Gasteiger partial charge on any atom is -0.481 e. The maximum atomic E-state index is 15.0. The van der Waals surface area contributed by atoms with Crippen molar-refractivity contribution in [3.63, 3.8) is 0 Å². The highest BCUT2D eigenvalue weighted by Gasteiger charge is 2.46. The van der Waals surface area contributed by atoms with Crippen LogP contribution in [0.1, 0.15) is 29.0 Å². The van der Waals surface area contributed by atoms with E-state index in [1.807, 2.05) is 0 Å². The monoisotopic (exact) mass is 447 g/mol. The van der Waals surface area contributed by atoms with Crippen LogP contribution in [0.15, 0.2) is 24.3 Å². The summed E-state index contributed by atoms with van der Waals surface area (Å²) in [6.07, 6.45) is -4.39. The van der Waals surface area contributed by atoms with E-state index < -0.39 is 40.7 Å². The number of carbonyl (C=O) groups is 1. The molecule has 0 unspecified atom stereocenters. The molecule has 0 aromatic heterocycles. The van der Waals surface area contributed by atoms with Crippen molar-refractivity contribution in [2.24, 2.45) is 5.92 Å². The third-order valence-corrected chi connectivity index (χ3v) is 5.70. The van der Waals surface area contributed by atoms with Crippen molar-refractivity contribution in [1.29, 1.82) is 0 Å².